The van der Waals surface area contributed by atoms with Gasteiger partial charge in [-0.2, -0.15) is 0 Å². The van der Waals surface area contributed by atoms with Crippen LogP contribution in [-0.2, 0) is 0 Å². The second-order valence-corrected chi connectivity index (χ2v) is 4.22. The smallest absolute Gasteiger partial charge is 0.123 e. The van der Waals surface area contributed by atoms with Crippen LogP contribution in [0.25, 0.3) is 0 Å². The number of rotatable bonds is 5. The van der Waals surface area contributed by atoms with Gasteiger partial charge >= 0.3 is 0 Å². The molecule has 0 saturated heterocycles. The molecule has 1 aromatic carbocycles. The van der Waals surface area contributed by atoms with Crippen molar-refractivity contribution in [3.05, 3.63) is 29.3 Å². The van der Waals surface area contributed by atoms with E-state index in [1.54, 1.807) is 7.11 Å². The van der Waals surface area contributed by atoms with Gasteiger partial charge in [-0.1, -0.05) is 17.7 Å². The Hall–Kier alpha value is -1.06. The average molecular weight is 223 g/mol. The van der Waals surface area contributed by atoms with Gasteiger partial charge in [0.15, 0.2) is 0 Å². The Morgan fingerprint density at radius 3 is 2.62 bits per heavy atom. The number of aliphatic hydroxyl groups excluding tert-OH is 1. The van der Waals surface area contributed by atoms with Gasteiger partial charge in [0.05, 0.1) is 13.7 Å². The Balaban J connectivity index is 2.88. The lowest BCUT2D eigenvalue weighted by molar-refractivity contribution is 0.242. The van der Waals surface area contributed by atoms with Crippen LogP contribution in [-0.4, -0.2) is 24.9 Å². The van der Waals surface area contributed by atoms with E-state index in [1.807, 2.05) is 19.1 Å². The van der Waals surface area contributed by atoms with Crippen LogP contribution in [0.3, 0.4) is 0 Å². The van der Waals surface area contributed by atoms with Crippen LogP contribution in [0.1, 0.15) is 31.0 Å². The van der Waals surface area contributed by atoms with E-state index >= 15 is 0 Å². The zero-order valence-electron chi connectivity index (χ0n) is 10.4. The highest BCUT2D eigenvalue weighted by molar-refractivity contribution is 5.38. The first-order valence-electron chi connectivity index (χ1n) is 5.60. The SMILES string of the molecule is COc1ccc(C)cc1C(C)NC(C)CO. The highest BCUT2D eigenvalue weighted by Gasteiger charge is 2.13. The van der Waals surface area contributed by atoms with Crippen LogP contribution in [0, 0.1) is 6.92 Å². The van der Waals surface area contributed by atoms with Crippen molar-refractivity contribution in [1.29, 1.82) is 0 Å². The average Bonchev–Trinajstić information content (AvgIpc) is 2.28. The summed E-state index contributed by atoms with van der Waals surface area (Å²) < 4.78 is 5.33. The van der Waals surface area contributed by atoms with Crippen LogP contribution in [0.15, 0.2) is 18.2 Å². The van der Waals surface area contributed by atoms with E-state index in [2.05, 4.69) is 25.2 Å². The zero-order chi connectivity index (χ0) is 12.1. The molecule has 0 aliphatic carbocycles. The number of aliphatic hydroxyl groups is 1. The van der Waals surface area contributed by atoms with E-state index in [4.69, 9.17) is 9.84 Å². The van der Waals surface area contributed by atoms with E-state index < -0.39 is 0 Å². The molecule has 0 amide bonds. The standard InChI is InChI=1S/C13H21NO2/c1-9-5-6-13(16-4)12(7-9)11(3)14-10(2)8-15/h5-7,10-11,14-15H,8H2,1-4H3. The maximum absolute atomic E-state index is 9.02. The minimum absolute atomic E-state index is 0.0835. The van der Waals surface area contributed by atoms with E-state index in [-0.39, 0.29) is 18.7 Å². The summed E-state index contributed by atoms with van der Waals surface area (Å²) in [6, 6.07) is 6.37. The minimum Gasteiger partial charge on any atom is -0.496 e. The first-order valence-corrected chi connectivity index (χ1v) is 5.60. The predicted octanol–water partition coefficient (Wildman–Crippen LogP) is 2.04. The molecule has 0 aromatic heterocycles. The molecule has 90 valence electrons. The first-order chi connectivity index (χ1) is 7.58. The van der Waals surface area contributed by atoms with Crippen molar-refractivity contribution in [1.82, 2.24) is 5.32 Å². The Morgan fingerprint density at radius 2 is 2.06 bits per heavy atom. The van der Waals surface area contributed by atoms with Gasteiger partial charge in [-0.05, 0) is 26.8 Å². The fourth-order valence-electron chi connectivity index (χ4n) is 1.76. The molecule has 1 aromatic rings. The van der Waals surface area contributed by atoms with Crippen LogP contribution in [0.4, 0.5) is 0 Å². The topological polar surface area (TPSA) is 41.5 Å². The molecule has 0 heterocycles. The van der Waals surface area contributed by atoms with Crippen LogP contribution < -0.4 is 10.1 Å². The molecule has 2 atom stereocenters. The van der Waals surface area contributed by atoms with Crippen LogP contribution >= 0.6 is 0 Å². The van der Waals surface area contributed by atoms with Gasteiger partial charge in [0.1, 0.15) is 5.75 Å². The first kappa shape index (κ1) is 13.0. The lowest BCUT2D eigenvalue weighted by Crippen LogP contribution is -2.31. The molecule has 0 aliphatic heterocycles. The molecule has 0 spiro atoms. The van der Waals surface area contributed by atoms with Gasteiger partial charge in [0.2, 0.25) is 0 Å². The van der Waals surface area contributed by atoms with Crippen molar-refractivity contribution in [2.24, 2.45) is 0 Å². The number of ether oxygens (including phenoxy) is 1. The highest BCUT2D eigenvalue weighted by Crippen LogP contribution is 2.26. The monoisotopic (exact) mass is 223 g/mol. The second-order valence-electron chi connectivity index (χ2n) is 4.22. The van der Waals surface area contributed by atoms with Crippen molar-refractivity contribution in [2.45, 2.75) is 32.9 Å². The van der Waals surface area contributed by atoms with Gasteiger partial charge in [0, 0.05) is 17.6 Å². The minimum atomic E-state index is 0.0835. The van der Waals surface area contributed by atoms with Crippen molar-refractivity contribution in [3.8, 4) is 5.75 Å². The summed E-state index contributed by atoms with van der Waals surface area (Å²) in [5.41, 5.74) is 2.34. The predicted molar refractivity (Wildman–Crippen MR) is 65.8 cm³/mol. The zero-order valence-corrected chi connectivity index (χ0v) is 10.4. The molecule has 0 saturated carbocycles. The molecule has 16 heavy (non-hydrogen) atoms. The molecule has 1 rings (SSSR count). The van der Waals surface area contributed by atoms with Crippen molar-refractivity contribution < 1.29 is 9.84 Å². The Labute approximate surface area is 97.4 Å². The number of hydrogen-bond donors (Lipinski definition) is 2. The fraction of sp³-hybridized carbons (Fsp3) is 0.538. The quantitative estimate of drug-likeness (QED) is 0.802. The normalized spacial score (nSPS) is 14.6. The van der Waals surface area contributed by atoms with E-state index in [0.717, 1.165) is 11.3 Å². The third-order valence-electron chi connectivity index (χ3n) is 2.66. The summed E-state index contributed by atoms with van der Waals surface area (Å²) in [5, 5.41) is 12.3. The fourth-order valence-corrected chi connectivity index (χ4v) is 1.76. The molecular formula is C13H21NO2. The van der Waals surface area contributed by atoms with Gasteiger partial charge in [-0.25, -0.2) is 0 Å². The Kier molecular flexibility index (Phi) is 4.77. The third-order valence-corrected chi connectivity index (χ3v) is 2.66. The Morgan fingerprint density at radius 1 is 1.38 bits per heavy atom. The lowest BCUT2D eigenvalue weighted by Gasteiger charge is -2.21. The van der Waals surface area contributed by atoms with Crippen molar-refractivity contribution in [3.63, 3.8) is 0 Å². The molecular weight excluding hydrogens is 202 g/mol. The van der Waals surface area contributed by atoms with Crippen LogP contribution in [0.2, 0.25) is 0 Å². The molecule has 3 heteroatoms. The maximum Gasteiger partial charge on any atom is 0.123 e. The summed E-state index contributed by atoms with van der Waals surface area (Å²) in [6.07, 6.45) is 0. The summed E-state index contributed by atoms with van der Waals surface area (Å²) in [6.45, 7) is 6.23. The maximum atomic E-state index is 9.02. The van der Waals surface area contributed by atoms with Gasteiger partial charge < -0.3 is 15.2 Å². The lowest BCUT2D eigenvalue weighted by atomic mass is 10.0. The van der Waals surface area contributed by atoms with Crippen molar-refractivity contribution in [2.75, 3.05) is 13.7 Å². The van der Waals surface area contributed by atoms with Crippen LogP contribution in [0.5, 0.6) is 5.75 Å². The number of methoxy groups -OCH3 is 1. The second kappa shape index (κ2) is 5.87. The van der Waals surface area contributed by atoms with E-state index in [9.17, 15) is 0 Å². The summed E-state index contributed by atoms with van der Waals surface area (Å²) in [5.74, 6) is 0.885. The molecule has 0 aliphatic rings. The van der Waals surface area contributed by atoms with E-state index in [1.165, 1.54) is 5.56 Å². The number of aryl methyl sites for hydroxylation is 1. The summed E-state index contributed by atoms with van der Waals surface area (Å²) in [7, 11) is 1.68. The number of nitrogens with one attached hydrogen (secondary N) is 1. The largest absolute Gasteiger partial charge is 0.496 e. The van der Waals surface area contributed by atoms with Gasteiger partial charge in [-0.3, -0.25) is 0 Å². The summed E-state index contributed by atoms with van der Waals surface area (Å²) in [4.78, 5) is 0. The van der Waals surface area contributed by atoms with Gasteiger partial charge in [-0.15, -0.1) is 0 Å². The number of benzene rings is 1. The molecule has 2 unspecified atom stereocenters. The molecule has 0 radical (unpaired) electrons. The van der Waals surface area contributed by atoms with Gasteiger partial charge in [0.25, 0.3) is 0 Å². The van der Waals surface area contributed by atoms with E-state index in [0.29, 0.717) is 0 Å². The molecule has 0 bridgehead atoms. The molecule has 3 nitrogen and oxygen atoms in total. The molecule has 2 N–H and O–H groups in total. The summed E-state index contributed by atoms with van der Waals surface area (Å²) >= 11 is 0. The molecule has 0 fully saturated rings. The number of hydrogen-bond acceptors (Lipinski definition) is 3. The van der Waals surface area contributed by atoms with Crippen molar-refractivity contribution >= 4 is 0 Å². The third kappa shape index (κ3) is 3.22. The Bertz CT molecular complexity index is 339. The highest BCUT2D eigenvalue weighted by atomic mass is 16.5.